The monoisotopic (exact) mass is 898 g/mol. The molecule has 0 saturated heterocycles. The molecule has 0 heterocycles. The normalized spacial score (nSPS) is 13.5. The molecule has 0 radical (unpaired) electrons. The van der Waals surface area contributed by atoms with Gasteiger partial charge in [0.2, 0.25) is 5.91 Å². The van der Waals surface area contributed by atoms with Crippen LogP contribution in [0.25, 0.3) is 0 Å². The van der Waals surface area contributed by atoms with Gasteiger partial charge in [0, 0.05) is 6.42 Å². The first-order chi connectivity index (χ1) is 31.5. The second kappa shape index (κ2) is 51.8. The van der Waals surface area contributed by atoms with Crippen molar-refractivity contribution < 1.29 is 24.5 Å². The van der Waals surface area contributed by atoms with Crippen LogP contribution < -0.4 is 5.32 Å². The van der Waals surface area contributed by atoms with Crippen molar-refractivity contribution in [1.29, 1.82) is 0 Å². The zero-order valence-corrected chi connectivity index (χ0v) is 42.7. The summed E-state index contributed by atoms with van der Waals surface area (Å²) < 4.78 is 5.94. The minimum Gasteiger partial charge on any atom is -0.462 e. The molecule has 0 aromatic carbocycles. The number of hydrogen-bond acceptors (Lipinski definition) is 5. The third kappa shape index (κ3) is 46.4. The summed E-state index contributed by atoms with van der Waals surface area (Å²) in [5, 5.41) is 23.7. The Hall–Kier alpha value is -2.18. The maximum Gasteiger partial charge on any atom is 0.306 e. The van der Waals surface area contributed by atoms with Gasteiger partial charge in [0.1, 0.15) is 6.10 Å². The van der Waals surface area contributed by atoms with Gasteiger partial charge in [0.15, 0.2) is 0 Å². The van der Waals surface area contributed by atoms with Crippen molar-refractivity contribution in [1.82, 2.24) is 5.32 Å². The number of aliphatic hydroxyl groups excluding tert-OH is 2. The van der Waals surface area contributed by atoms with E-state index < -0.39 is 18.2 Å². The van der Waals surface area contributed by atoms with Crippen LogP contribution >= 0.6 is 0 Å². The first-order valence-electron chi connectivity index (χ1n) is 27.9. The molecule has 0 aliphatic heterocycles. The van der Waals surface area contributed by atoms with Crippen molar-refractivity contribution in [3.63, 3.8) is 0 Å². The number of rotatable bonds is 50. The lowest BCUT2D eigenvalue weighted by Gasteiger charge is -2.24. The van der Waals surface area contributed by atoms with Gasteiger partial charge in [-0.15, -0.1) is 0 Å². The summed E-state index contributed by atoms with van der Waals surface area (Å²) in [5.41, 5.74) is 0. The summed E-state index contributed by atoms with van der Waals surface area (Å²) in [5.74, 6) is -0.491. The molecule has 0 fully saturated rings. The first kappa shape index (κ1) is 61.8. The molecule has 6 heteroatoms. The fourth-order valence-electron chi connectivity index (χ4n) is 8.37. The maximum atomic E-state index is 13.2. The summed E-state index contributed by atoms with van der Waals surface area (Å²) in [7, 11) is 0. The van der Waals surface area contributed by atoms with Gasteiger partial charge in [-0.1, -0.05) is 230 Å². The fraction of sp³-hybridized carbons (Fsp3) is 0.828. The highest BCUT2D eigenvalue weighted by molar-refractivity contribution is 5.77. The SMILES string of the molecule is CCCCC/C=C\C/C=C\C/C=C\CCCCCCC(CC(=O)NC(CO)C(O)CCCCCCCCCCC)OC(=O)CCCCCCCCCCC/C=C/CCCCCCCC. The van der Waals surface area contributed by atoms with E-state index in [-0.39, 0.29) is 24.9 Å². The predicted octanol–water partition coefficient (Wildman–Crippen LogP) is 17.0. The Balaban J connectivity index is 4.56. The van der Waals surface area contributed by atoms with Crippen LogP contribution in [0.3, 0.4) is 0 Å². The molecule has 0 aromatic rings. The number of aliphatic hydroxyl groups is 2. The Morgan fingerprint density at radius 1 is 0.453 bits per heavy atom. The van der Waals surface area contributed by atoms with Crippen molar-refractivity contribution in [3.8, 4) is 0 Å². The number of allylic oxidation sites excluding steroid dienone is 8. The summed E-state index contributed by atoms with van der Waals surface area (Å²) in [4.78, 5) is 26.2. The third-order valence-corrected chi connectivity index (χ3v) is 12.6. The summed E-state index contributed by atoms with van der Waals surface area (Å²) in [6, 6.07) is -0.708. The van der Waals surface area contributed by atoms with E-state index in [9.17, 15) is 19.8 Å². The molecular formula is C58H107NO5. The third-order valence-electron chi connectivity index (χ3n) is 12.6. The van der Waals surface area contributed by atoms with Crippen LogP contribution in [0.5, 0.6) is 0 Å². The number of esters is 1. The minimum absolute atomic E-state index is 0.0629. The molecule has 64 heavy (non-hydrogen) atoms. The highest BCUT2D eigenvalue weighted by Crippen LogP contribution is 2.18. The van der Waals surface area contributed by atoms with E-state index >= 15 is 0 Å². The van der Waals surface area contributed by atoms with Gasteiger partial charge in [0.05, 0.1) is 25.2 Å². The lowest BCUT2D eigenvalue weighted by molar-refractivity contribution is -0.151. The van der Waals surface area contributed by atoms with Gasteiger partial charge in [-0.05, 0) is 89.9 Å². The minimum atomic E-state index is -0.793. The second-order valence-corrected chi connectivity index (χ2v) is 19.0. The molecule has 6 nitrogen and oxygen atoms in total. The largest absolute Gasteiger partial charge is 0.462 e. The quantitative estimate of drug-likeness (QED) is 0.0321. The molecule has 0 rings (SSSR count). The Bertz CT molecular complexity index is 1100. The van der Waals surface area contributed by atoms with Gasteiger partial charge in [-0.3, -0.25) is 9.59 Å². The Morgan fingerprint density at radius 3 is 1.25 bits per heavy atom. The Labute approximate surface area is 397 Å². The van der Waals surface area contributed by atoms with E-state index in [0.29, 0.717) is 19.3 Å². The molecule has 1 amide bonds. The van der Waals surface area contributed by atoms with E-state index in [4.69, 9.17) is 4.74 Å². The molecule has 0 bridgehead atoms. The molecule has 0 saturated carbocycles. The van der Waals surface area contributed by atoms with E-state index in [1.165, 1.54) is 154 Å². The van der Waals surface area contributed by atoms with Crippen LogP contribution in [-0.2, 0) is 14.3 Å². The number of ether oxygens (including phenoxy) is 1. The summed E-state index contributed by atoms with van der Waals surface area (Å²) in [6.07, 6.45) is 63.2. The van der Waals surface area contributed by atoms with E-state index in [1.807, 2.05) is 0 Å². The van der Waals surface area contributed by atoms with Crippen molar-refractivity contribution in [2.75, 3.05) is 6.61 Å². The number of nitrogens with one attached hydrogen (secondary N) is 1. The highest BCUT2D eigenvalue weighted by Gasteiger charge is 2.24. The van der Waals surface area contributed by atoms with Crippen LogP contribution in [-0.4, -0.2) is 46.9 Å². The topological polar surface area (TPSA) is 95.9 Å². The molecule has 3 N–H and O–H groups in total. The van der Waals surface area contributed by atoms with E-state index in [1.54, 1.807) is 0 Å². The molecule has 3 unspecified atom stereocenters. The molecule has 3 atom stereocenters. The fourth-order valence-corrected chi connectivity index (χ4v) is 8.37. The summed E-state index contributed by atoms with van der Waals surface area (Å²) >= 11 is 0. The van der Waals surface area contributed by atoms with Crippen LogP contribution in [0.15, 0.2) is 48.6 Å². The standard InChI is InChI=1S/C58H107NO5/c1-4-7-10-13-16-19-21-23-25-27-28-30-32-34-36-39-42-45-48-51-58(63)64-54(49-46-43-40-38-35-33-31-29-26-24-22-20-17-14-11-8-5-2)52-57(62)59-55(53-60)56(61)50-47-44-41-37-18-15-12-9-6-3/h17,20,23-26,31,33,54-56,60-61H,4-16,18-19,21-22,27-30,32,34-53H2,1-3H3,(H,59,62)/b20-17-,25-23+,26-24-,33-31-. The zero-order valence-electron chi connectivity index (χ0n) is 42.7. The van der Waals surface area contributed by atoms with Gasteiger partial charge in [-0.25, -0.2) is 0 Å². The van der Waals surface area contributed by atoms with E-state index in [2.05, 4.69) is 74.7 Å². The molecule has 0 aliphatic rings. The van der Waals surface area contributed by atoms with Crippen LogP contribution in [0.2, 0.25) is 0 Å². The summed E-state index contributed by atoms with van der Waals surface area (Å²) in [6.45, 7) is 6.44. The molecule has 0 aliphatic carbocycles. The van der Waals surface area contributed by atoms with Gasteiger partial charge >= 0.3 is 5.97 Å². The van der Waals surface area contributed by atoms with Crippen molar-refractivity contribution >= 4 is 11.9 Å². The number of unbranched alkanes of at least 4 members (excludes halogenated alkanes) is 30. The van der Waals surface area contributed by atoms with Crippen molar-refractivity contribution in [3.05, 3.63) is 48.6 Å². The molecule has 374 valence electrons. The average molecular weight is 898 g/mol. The van der Waals surface area contributed by atoms with Gasteiger partial charge < -0.3 is 20.3 Å². The second-order valence-electron chi connectivity index (χ2n) is 19.0. The van der Waals surface area contributed by atoms with E-state index in [0.717, 1.165) is 83.5 Å². The zero-order chi connectivity index (χ0) is 46.7. The average Bonchev–Trinajstić information content (AvgIpc) is 3.29. The number of carbonyl (C=O) groups excluding carboxylic acids is 2. The molecule has 0 aromatic heterocycles. The maximum absolute atomic E-state index is 13.2. The van der Waals surface area contributed by atoms with Crippen LogP contribution in [0.4, 0.5) is 0 Å². The molecule has 0 spiro atoms. The highest BCUT2D eigenvalue weighted by atomic mass is 16.5. The van der Waals surface area contributed by atoms with Gasteiger partial charge in [0.25, 0.3) is 0 Å². The Kier molecular flexibility index (Phi) is 50.0. The molecular weight excluding hydrogens is 791 g/mol. The van der Waals surface area contributed by atoms with Crippen LogP contribution in [0, 0.1) is 0 Å². The predicted molar refractivity (Wildman–Crippen MR) is 278 cm³/mol. The van der Waals surface area contributed by atoms with Crippen molar-refractivity contribution in [2.24, 2.45) is 0 Å². The number of amides is 1. The smallest absolute Gasteiger partial charge is 0.306 e. The number of carbonyl (C=O) groups is 2. The Morgan fingerprint density at radius 2 is 0.797 bits per heavy atom. The van der Waals surface area contributed by atoms with Gasteiger partial charge in [-0.2, -0.15) is 0 Å². The number of hydrogen-bond donors (Lipinski definition) is 3. The van der Waals surface area contributed by atoms with Crippen LogP contribution in [0.1, 0.15) is 284 Å². The lowest BCUT2D eigenvalue weighted by atomic mass is 10.0. The van der Waals surface area contributed by atoms with Crippen molar-refractivity contribution in [2.45, 2.75) is 302 Å². The lowest BCUT2D eigenvalue weighted by Crippen LogP contribution is -2.46. The first-order valence-corrected chi connectivity index (χ1v) is 27.9.